The second-order valence-electron chi connectivity index (χ2n) is 6.23. The number of likely N-dealkylation sites (tertiary alicyclic amines) is 1. The van der Waals surface area contributed by atoms with Crippen molar-refractivity contribution >= 4 is 11.8 Å². The summed E-state index contributed by atoms with van der Waals surface area (Å²) in [6, 6.07) is 0.285. The van der Waals surface area contributed by atoms with Gasteiger partial charge >= 0.3 is 0 Å². The zero-order valence-electron chi connectivity index (χ0n) is 13.2. The first kappa shape index (κ1) is 16.2. The number of hydrogen-bond donors (Lipinski definition) is 2. The largest absolute Gasteiger partial charge is 0.354 e. The van der Waals surface area contributed by atoms with Crippen molar-refractivity contribution in [2.45, 2.75) is 44.2 Å². The summed E-state index contributed by atoms with van der Waals surface area (Å²) in [5, 5.41) is 6.02. The van der Waals surface area contributed by atoms with Crippen LogP contribution >= 0.6 is 0 Å². The van der Waals surface area contributed by atoms with E-state index in [-0.39, 0.29) is 17.9 Å². The molecule has 2 fully saturated rings. The van der Waals surface area contributed by atoms with Gasteiger partial charge in [0.25, 0.3) is 0 Å². The van der Waals surface area contributed by atoms with Crippen LogP contribution in [0.1, 0.15) is 32.1 Å². The maximum atomic E-state index is 12.2. The van der Waals surface area contributed by atoms with Gasteiger partial charge in [-0.25, -0.2) is 0 Å². The third kappa shape index (κ3) is 4.68. The number of nitrogens with one attached hydrogen (secondary N) is 2. The highest BCUT2D eigenvalue weighted by molar-refractivity contribution is 5.83. The highest BCUT2D eigenvalue weighted by Gasteiger charge is 2.24. The Kier molecular flexibility index (Phi) is 5.99. The molecule has 2 heterocycles. The molecule has 1 atom stereocenters. The van der Waals surface area contributed by atoms with Gasteiger partial charge in [-0.1, -0.05) is 0 Å². The molecule has 6 nitrogen and oxygen atoms in total. The van der Waals surface area contributed by atoms with Gasteiger partial charge < -0.3 is 20.4 Å². The molecule has 0 spiro atoms. The summed E-state index contributed by atoms with van der Waals surface area (Å²) < 4.78 is 0. The summed E-state index contributed by atoms with van der Waals surface area (Å²) in [7, 11) is 4.00. The van der Waals surface area contributed by atoms with E-state index >= 15 is 0 Å². The Balaban J connectivity index is 1.65. The predicted molar refractivity (Wildman–Crippen MR) is 81.9 cm³/mol. The fourth-order valence-corrected chi connectivity index (χ4v) is 3.09. The lowest BCUT2D eigenvalue weighted by Gasteiger charge is -2.35. The van der Waals surface area contributed by atoms with E-state index in [0.29, 0.717) is 19.0 Å². The molecule has 2 rings (SSSR count). The molecular weight excluding hydrogens is 268 g/mol. The van der Waals surface area contributed by atoms with Crippen LogP contribution in [0.5, 0.6) is 0 Å². The van der Waals surface area contributed by atoms with Gasteiger partial charge in [0.2, 0.25) is 11.8 Å². The smallest absolute Gasteiger partial charge is 0.237 e. The molecule has 2 amide bonds. The van der Waals surface area contributed by atoms with Gasteiger partial charge in [-0.05, 0) is 52.4 Å². The van der Waals surface area contributed by atoms with Crippen molar-refractivity contribution in [2.24, 2.45) is 0 Å². The standard InChI is InChI=1S/C15H28N4O2/c1-18-10-6-12(7-11-18)19(2)14(20)5-9-17-15(21)13-4-3-8-16-13/h12-13,16H,3-11H2,1-2H3,(H,17,21). The third-order valence-corrected chi connectivity index (χ3v) is 4.64. The first-order valence-electron chi connectivity index (χ1n) is 8.03. The molecule has 21 heavy (non-hydrogen) atoms. The number of carbonyl (C=O) groups excluding carboxylic acids is 2. The lowest BCUT2D eigenvalue weighted by atomic mass is 10.0. The summed E-state index contributed by atoms with van der Waals surface area (Å²) in [5.41, 5.74) is 0. The van der Waals surface area contributed by atoms with Crippen molar-refractivity contribution in [3.63, 3.8) is 0 Å². The number of nitrogens with zero attached hydrogens (tertiary/aromatic N) is 2. The fourth-order valence-electron chi connectivity index (χ4n) is 3.09. The van der Waals surface area contributed by atoms with Gasteiger partial charge in [0.1, 0.15) is 0 Å². The quantitative estimate of drug-likeness (QED) is 0.737. The van der Waals surface area contributed by atoms with Crippen molar-refractivity contribution in [3.05, 3.63) is 0 Å². The molecule has 0 aromatic heterocycles. The minimum atomic E-state index is -0.0632. The van der Waals surface area contributed by atoms with Crippen molar-refractivity contribution in [1.29, 1.82) is 0 Å². The Morgan fingerprint density at radius 2 is 2.00 bits per heavy atom. The van der Waals surface area contributed by atoms with Crippen LogP contribution in [0.2, 0.25) is 0 Å². The van der Waals surface area contributed by atoms with E-state index < -0.39 is 0 Å². The lowest BCUT2D eigenvalue weighted by Crippen LogP contribution is -2.46. The molecule has 2 aliphatic rings. The summed E-state index contributed by atoms with van der Waals surface area (Å²) in [4.78, 5) is 28.2. The molecule has 0 bridgehead atoms. The van der Waals surface area contributed by atoms with Crippen LogP contribution in [0.3, 0.4) is 0 Å². The topological polar surface area (TPSA) is 64.7 Å². The van der Waals surface area contributed by atoms with Crippen LogP contribution < -0.4 is 10.6 Å². The first-order chi connectivity index (χ1) is 10.1. The van der Waals surface area contributed by atoms with Crippen LogP contribution in [0.25, 0.3) is 0 Å². The van der Waals surface area contributed by atoms with E-state index in [1.807, 2.05) is 11.9 Å². The van der Waals surface area contributed by atoms with Crippen LogP contribution in [0, 0.1) is 0 Å². The molecule has 0 saturated carbocycles. The summed E-state index contributed by atoms with van der Waals surface area (Å²) in [6.45, 7) is 3.45. The molecule has 2 saturated heterocycles. The molecular formula is C15H28N4O2. The van der Waals surface area contributed by atoms with E-state index in [2.05, 4.69) is 22.6 Å². The Morgan fingerprint density at radius 3 is 2.62 bits per heavy atom. The molecule has 2 N–H and O–H groups in total. The van der Waals surface area contributed by atoms with Gasteiger partial charge in [-0.2, -0.15) is 0 Å². The van der Waals surface area contributed by atoms with Crippen molar-refractivity contribution in [1.82, 2.24) is 20.4 Å². The van der Waals surface area contributed by atoms with Crippen LogP contribution in [-0.2, 0) is 9.59 Å². The molecule has 0 radical (unpaired) electrons. The highest BCUT2D eigenvalue weighted by atomic mass is 16.2. The summed E-state index contributed by atoms with van der Waals surface area (Å²) in [6.07, 6.45) is 4.42. The van der Waals surface area contributed by atoms with Crippen LogP contribution in [0.15, 0.2) is 0 Å². The number of piperidine rings is 1. The average molecular weight is 296 g/mol. The summed E-state index contributed by atoms with van der Waals surface area (Å²) in [5.74, 6) is 0.159. The Hall–Kier alpha value is -1.14. The van der Waals surface area contributed by atoms with Gasteiger partial charge in [0.05, 0.1) is 6.04 Å². The van der Waals surface area contributed by atoms with Crippen LogP contribution in [0.4, 0.5) is 0 Å². The van der Waals surface area contributed by atoms with Crippen molar-refractivity contribution < 1.29 is 9.59 Å². The molecule has 1 unspecified atom stereocenters. The SMILES string of the molecule is CN1CCC(N(C)C(=O)CCNC(=O)C2CCCN2)CC1. The average Bonchev–Trinajstić information content (AvgIpc) is 3.01. The zero-order chi connectivity index (χ0) is 15.2. The minimum absolute atomic E-state index is 0.0299. The molecule has 120 valence electrons. The number of hydrogen-bond acceptors (Lipinski definition) is 4. The highest BCUT2D eigenvalue weighted by Crippen LogP contribution is 2.14. The monoisotopic (exact) mass is 296 g/mol. The van der Waals surface area contributed by atoms with E-state index in [9.17, 15) is 9.59 Å². The molecule has 2 aliphatic heterocycles. The fraction of sp³-hybridized carbons (Fsp3) is 0.867. The second-order valence-corrected chi connectivity index (χ2v) is 6.23. The molecule has 0 aliphatic carbocycles. The van der Waals surface area contributed by atoms with Crippen molar-refractivity contribution in [3.8, 4) is 0 Å². The molecule has 6 heteroatoms. The third-order valence-electron chi connectivity index (χ3n) is 4.64. The van der Waals surface area contributed by atoms with Gasteiger partial charge in [0.15, 0.2) is 0 Å². The van der Waals surface area contributed by atoms with Gasteiger partial charge in [-0.15, -0.1) is 0 Å². The number of amides is 2. The Morgan fingerprint density at radius 1 is 1.29 bits per heavy atom. The maximum Gasteiger partial charge on any atom is 0.237 e. The lowest BCUT2D eigenvalue weighted by molar-refractivity contribution is -0.132. The van der Waals surface area contributed by atoms with Gasteiger partial charge in [-0.3, -0.25) is 9.59 Å². The first-order valence-corrected chi connectivity index (χ1v) is 8.03. The minimum Gasteiger partial charge on any atom is -0.354 e. The van der Waals surface area contributed by atoms with Crippen molar-refractivity contribution in [2.75, 3.05) is 40.3 Å². The maximum absolute atomic E-state index is 12.2. The Labute approximate surface area is 127 Å². The predicted octanol–water partition coefficient (Wildman–Crippen LogP) is -0.203. The van der Waals surface area contributed by atoms with Gasteiger partial charge in [0, 0.05) is 26.1 Å². The number of carbonyl (C=O) groups is 2. The van der Waals surface area contributed by atoms with E-state index in [0.717, 1.165) is 45.3 Å². The Bertz CT molecular complexity index is 361. The zero-order valence-corrected chi connectivity index (χ0v) is 13.2. The normalized spacial score (nSPS) is 24.0. The second kappa shape index (κ2) is 7.75. The van der Waals surface area contributed by atoms with E-state index in [1.54, 1.807) is 0 Å². The number of rotatable bonds is 5. The van der Waals surface area contributed by atoms with Crippen LogP contribution in [-0.4, -0.2) is 74.0 Å². The molecule has 0 aromatic carbocycles. The molecule has 0 aromatic rings. The summed E-state index contributed by atoms with van der Waals surface area (Å²) >= 11 is 0. The van der Waals surface area contributed by atoms with E-state index in [1.165, 1.54) is 0 Å². The van der Waals surface area contributed by atoms with E-state index in [4.69, 9.17) is 0 Å².